The van der Waals surface area contributed by atoms with E-state index in [9.17, 15) is 0 Å². The Kier molecular flexibility index (Phi) is 4.83. The third-order valence-electron chi connectivity index (χ3n) is 7.49. The van der Waals surface area contributed by atoms with Crippen molar-refractivity contribution in [2.24, 2.45) is 0 Å². The van der Waals surface area contributed by atoms with E-state index in [1.165, 1.54) is 38.3 Å². The number of quaternary nitrogens is 1. The molecule has 0 aromatic heterocycles. The van der Waals surface area contributed by atoms with Crippen molar-refractivity contribution in [2.45, 2.75) is 13.3 Å². The molecule has 2 heteroatoms. The van der Waals surface area contributed by atoms with Crippen LogP contribution >= 0.6 is 0 Å². The predicted octanol–water partition coefficient (Wildman–Crippen LogP) is 5.31. The molecule has 1 atom stereocenters. The Morgan fingerprint density at radius 3 is 2.06 bits per heavy atom. The summed E-state index contributed by atoms with van der Waals surface area (Å²) in [5, 5.41) is 2.60. The lowest BCUT2D eigenvalue weighted by atomic mass is 9.20. The molecular weight excluding hydrogens is 373 g/mol. The molecule has 5 rings (SSSR count). The second-order valence-electron chi connectivity index (χ2n) is 9.65. The van der Waals surface area contributed by atoms with Gasteiger partial charge in [-0.3, -0.25) is 0 Å². The maximum Gasteiger partial charge on any atom is 0.290 e. The zero-order chi connectivity index (χ0) is 21.5. The molecule has 1 heterocycles. The normalized spacial score (nSPS) is 20.4. The van der Waals surface area contributed by atoms with Crippen LogP contribution in [0.3, 0.4) is 0 Å². The van der Waals surface area contributed by atoms with Crippen molar-refractivity contribution in [3.8, 4) is 0 Å². The molecule has 0 spiro atoms. The molecule has 0 aliphatic carbocycles. The first kappa shape index (κ1) is 19.8. The number of benzene rings is 4. The van der Waals surface area contributed by atoms with Gasteiger partial charge in [-0.15, -0.1) is 22.5 Å². The third kappa shape index (κ3) is 3.14. The van der Waals surface area contributed by atoms with Gasteiger partial charge in [0, 0.05) is 27.1 Å². The Bertz CT molecular complexity index is 1250. The van der Waals surface area contributed by atoms with E-state index in [0.29, 0.717) is 0 Å². The summed E-state index contributed by atoms with van der Waals surface area (Å²) in [5.41, 5.74) is 6.95. The van der Waals surface area contributed by atoms with Gasteiger partial charge in [0.25, 0.3) is 6.28 Å². The predicted molar refractivity (Wildman–Crippen MR) is 136 cm³/mol. The Balaban J connectivity index is 1.84. The van der Waals surface area contributed by atoms with Gasteiger partial charge in [0.05, 0.1) is 0 Å². The largest absolute Gasteiger partial charge is 0.509 e. The Morgan fingerprint density at radius 2 is 1.32 bits per heavy atom. The van der Waals surface area contributed by atoms with Crippen molar-refractivity contribution in [2.75, 3.05) is 20.6 Å². The molecule has 1 unspecified atom stereocenters. The van der Waals surface area contributed by atoms with E-state index >= 15 is 0 Å². The molecule has 0 bridgehead atoms. The molecule has 4 aromatic rings. The van der Waals surface area contributed by atoms with Crippen LogP contribution < -0.4 is 10.9 Å². The van der Waals surface area contributed by atoms with Gasteiger partial charge in [0.15, 0.2) is 0 Å². The average molecular weight is 403 g/mol. The van der Waals surface area contributed by atoms with Gasteiger partial charge >= 0.3 is 0 Å². The standard InChI is InChI=1S/C29H30BN/c1-23-15-19-28(20-16-23)30(27-12-5-4-6-13-27)29(14-9-21-31(30,2)3)26-18-17-24-10-7-8-11-25(24)22-26/h4-8,10-20,22H,9,21H2,1-3H3. The average Bonchev–Trinajstić information content (AvgIpc) is 2.79. The first-order chi connectivity index (χ1) is 15.0. The van der Waals surface area contributed by atoms with Gasteiger partial charge in [-0.2, -0.15) is 0 Å². The third-order valence-corrected chi connectivity index (χ3v) is 7.49. The Labute approximate surface area is 186 Å². The number of hydrogen-bond acceptors (Lipinski definition) is 0. The minimum atomic E-state index is -1.20. The monoisotopic (exact) mass is 403 g/mol. The van der Waals surface area contributed by atoms with Crippen LogP contribution in [-0.4, -0.2) is 31.3 Å². The highest BCUT2D eigenvalue weighted by Gasteiger charge is 2.49. The molecule has 0 fully saturated rings. The van der Waals surface area contributed by atoms with Crippen LogP contribution in [0.1, 0.15) is 17.5 Å². The lowest BCUT2D eigenvalue weighted by Gasteiger charge is -2.60. The minimum Gasteiger partial charge on any atom is -0.509 e. The lowest BCUT2D eigenvalue weighted by Crippen LogP contribution is -2.79. The zero-order valence-electron chi connectivity index (χ0n) is 18.8. The summed E-state index contributed by atoms with van der Waals surface area (Å²) in [4.78, 5) is 0. The van der Waals surface area contributed by atoms with Crippen LogP contribution in [0.25, 0.3) is 16.2 Å². The van der Waals surface area contributed by atoms with Crippen LogP contribution in [-0.2, 0) is 0 Å². The molecule has 0 N–H and O–H groups in total. The van der Waals surface area contributed by atoms with E-state index in [0.717, 1.165) is 17.4 Å². The first-order valence-corrected chi connectivity index (χ1v) is 11.3. The fourth-order valence-corrected chi connectivity index (χ4v) is 5.96. The number of nitrogens with zero attached hydrogens (tertiary/aromatic N) is 1. The molecule has 154 valence electrons. The Hall–Kier alpha value is -3.10. The van der Waals surface area contributed by atoms with Crippen molar-refractivity contribution in [1.29, 1.82) is 0 Å². The quantitative estimate of drug-likeness (QED) is 0.407. The van der Waals surface area contributed by atoms with Crippen LogP contribution in [0.2, 0.25) is 0 Å². The van der Waals surface area contributed by atoms with Crippen molar-refractivity contribution in [1.82, 2.24) is 0 Å². The van der Waals surface area contributed by atoms with Crippen molar-refractivity contribution in [3.63, 3.8) is 0 Å². The van der Waals surface area contributed by atoms with E-state index in [4.69, 9.17) is 0 Å². The van der Waals surface area contributed by atoms with Gasteiger partial charge in [-0.05, 0) is 17.7 Å². The second kappa shape index (κ2) is 7.55. The fourth-order valence-electron chi connectivity index (χ4n) is 5.96. The maximum absolute atomic E-state index is 2.51. The second-order valence-corrected chi connectivity index (χ2v) is 9.65. The van der Waals surface area contributed by atoms with Crippen LogP contribution in [0.15, 0.2) is 103 Å². The number of aryl methyl sites for hydroxylation is 1. The summed E-state index contributed by atoms with van der Waals surface area (Å²) >= 11 is 0. The van der Waals surface area contributed by atoms with E-state index in [1.807, 2.05) is 0 Å². The summed E-state index contributed by atoms with van der Waals surface area (Å²) in [6, 6.07) is 36.1. The summed E-state index contributed by atoms with van der Waals surface area (Å²) < 4.78 is 0.950. The van der Waals surface area contributed by atoms with Gasteiger partial charge in [-0.25, -0.2) is 0 Å². The van der Waals surface area contributed by atoms with Crippen LogP contribution in [0.4, 0.5) is 0 Å². The highest BCUT2D eigenvalue weighted by atomic mass is 15.3. The summed E-state index contributed by atoms with van der Waals surface area (Å²) in [7, 11) is 4.84. The SMILES string of the molecule is Cc1ccc([B-]2(c3ccccc3)C(c3ccc4ccccc4c3)=CCC[N+]2(C)C)cc1. The number of fused-ring (bicyclic) bond motifs is 1. The van der Waals surface area contributed by atoms with Crippen LogP contribution in [0.5, 0.6) is 0 Å². The Morgan fingerprint density at radius 1 is 0.677 bits per heavy atom. The number of rotatable bonds is 3. The smallest absolute Gasteiger partial charge is 0.290 e. The minimum absolute atomic E-state index is 0.950. The summed E-state index contributed by atoms with van der Waals surface area (Å²) in [5.74, 6) is 0. The lowest BCUT2D eigenvalue weighted by molar-refractivity contribution is -0.786. The molecule has 1 aliphatic rings. The summed E-state index contributed by atoms with van der Waals surface area (Å²) in [6.07, 6.45) is 2.41. The van der Waals surface area contributed by atoms with Gasteiger partial charge in [0.2, 0.25) is 0 Å². The molecule has 0 radical (unpaired) electrons. The fraction of sp³-hybridized carbons (Fsp3) is 0.172. The van der Waals surface area contributed by atoms with Crippen LogP contribution in [0, 0.1) is 6.92 Å². The van der Waals surface area contributed by atoms with Gasteiger partial charge in [-0.1, -0.05) is 108 Å². The molecular formula is C29H30BN. The maximum atomic E-state index is 2.51. The highest BCUT2D eigenvalue weighted by molar-refractivity contribution is 7.10. The van der Waals surface area contributed by atoms with E-state index in [2.05, 4.69) is 124 Å². The van der Waals surface area contributed by atoms with E-state index in [-0.39, 0.29) is 0 Å². The van der Waals surface area contributed by atoms with Gasteiger partial charge in [0.1, 0.15) is 0 Å². The summed E-state index contributed by atoms with van der Waals surface area (Å²) in [6.45, 7) is 3.30. The number of hydrogen-bond donors (Lipinski definition) is 0. The molecule has 0 saturated heterocycles. The molecule has 1 aliphatic heterocycles. The zero-order valence-corrected chi connectivity index (χ0v) is 18.8. The molecule has 1 nitrogen and oxygen atoms in total. The molecule has 31 heavy (non-hydrogen) atoms. The molecule has 0 amide bonds. The molecule has 4 aromatic carbocycles. The van der Waals surface area contributed by atoms with E-state index < -0.39 is 6.28 Å². The van der Waals surface area contributed by atoms with Crippen molar-refractivity contribution >= 4 is 33.5 Å². The molecule has 0 saturated carbocycles. The van der Waals surface area contributed by atoms with Crippen molar-refractivity contribution in [3.05, 3.63) is 114 Å². The van der Waals surface area contributed by atoms with E-state index in [1.54, 1.807) is 0 Å². The highest BCUT2D eigenvalue weighted by Crippen LogP contribution is 2.37. The topological polar surface area (TPSA) is 0 Å². The van der Waals surface area contributed by atoms with Crippen molar-refractivity contribution < 1.29 is 4.39 Å². The van der Waals surface area contributed by atoms with Gasteiger partial charge < -0.3 is 4.39 Å². The first-order valence-electron chi connectivity index (χ1n) is 11.3.